The van der Waals surface area contributed by atoms with Crippen molar-refractivity contribution in [3.05, 3.63) is 28.8 Å². The van der Waals surface area contributed by atoms with E-state index in [9.17, 15) is 0 Å². The van der Waals surface area contributed by atoms with Crippen LogP contribution in [0.4, 0.5) is 0 Å². The molecule has 0 aromatic carbocycles. The highest BCUT2D eigenvalue weighted by Gasteiger charge is 2.01. The molecule has 0 saturated heterocycles. The molecule has 2 aromatic heterocycles. The van der Waals surface area contributed by atoms with Crippen LogP contribution in [0.1, 0.15) is 5.82 Å². The van der Waals surface area contributed by atoms with Gasteiger partial charge in [-0.2, -0.15) is 11.3 Å². The Morgan fingerprint density at radius 1 is 1.62 bits per heavy atom. The van der Waals surface area contributed by atoms with Crippen LogP contribution in [0.3, 0.4) is 0 Å². The van der Waals surface area contributed by atoms with Gasteiger partial charge in [0.15, 0.2) is 0 Å². The van der Waals surface area contributed by atoms with Crippen molar-refractivity contribution >= 4 is 11.3 Å². The summed E-state index contributed by atoms with van der Waals surface area (Å²) in [6.07, 6.45) is 1.87. The first-order chi connectivity index (χ1) is 6.40. The van der Waals surface area contributed by atoms with Crippen LogP contribution in [-0.2, 0) is 6.54 Å². The normalized spacial score (nSPS) is 10.5. The maximum absolute atomic E-state index is 4.25. The van der Waals surface area contributed by atoms with Crippen molar-refractivity contribution in [2.75, 3.05) is 7.05 Å². The van der Waals surface area contributed by atoms with Gasteiger partial charge in [-0.1, -0.05) is 0 Å². The largest absolute Gasteiger partial charge is 0.341 e. The lowest BCUT2D eigenvalue weighted by atomic mass is 10.3. The minimum Gasteiger partial charge on any atom is -0.341 e. The van der Waals surface area contributed by atoms with Gasteiger partial charge in [0, 0.05) is 10.9 Å². The summed E-state index contributed by atoms with van der Waals surface area (Å²) >= 11 is 1.69. The Morgan fingerprint density at radius 3 is 3.23 bits per heavy atom. The van der Waals surface area contributed by atoms with Crippen LogP contribution < -0.4 is 5.32 Å². The summed E-state index contributed by atoms with van der Waals surface area (Å²) in [4.78, 5) is 7.50. The number of H-pyrrole nitrogens is 1. The number of thiophene rings is 1. The second-order valence-electron chi connectivity index (χ2n) is 2.79. The lowest BCUT2D eigenvalue weighted by Gasteiger charge is -1.92. The lowest BCUT2D eigenvalue weighted by Crippen LogP contribution is -2.06. The Hall–Kier alpha value is -1.13. The first kappa shape index (κ1) is 8.47. The molecule has 13 heavy (non-hydrogen) atoms. The molecule has 0 unspecified atom stereocenters. The van der Waals surface area contributed by atoms with Gasteiger partial charge in [-0.05, 0) is 18.5 Å². The summed E-state index contributed by atoms with van der Waals surface area (Å²) in [5.74, 6) is 0.976. The Balaban J connectivity index is 2.23. The summed E-state index contributed by atoms with van der Waals surface area (Å²) in [5.41, 5.74) is 2.30. The van der Waals surface area contributed by atoms with Crippen LogP contribution in [0.15, 0.2) is 23.0 Å². The molecule has 2 aromatic rings. The quantitative estimate of drug-likeness (QED) is 0.781. The summed E-state index contributed by atoms with van der Waals surface area (Å²) in [6.45, 7) is 0.782. The summed E-state index contributed by atoms with van der Waals surface area (Å²) in [5, 5.41) is 7.22. The van der Waals surface area contributed by atoms with Gasteiger partial charge in [-0.3, -0.25) is 0 Å². The van der Waals surface area contributed by atoms with E-state index in [-0.39, 0.29) is 0 Å². The van der Waals surface area contributed by atoms with Gasteiger partial charge < -0.3 is 10.3 Å². The maximum atomic E-state index is 4.25. The molecule has 0 aliphatic carbocycles. The van der Waals surface area contributed by atoms with Crippen LogP contribution in [0.5, 0.6) is 0 Å². The van der Waals surface area contributed by atoms with Crippen molar-refractivity contribution in [2.45, 2.75) is 6.54 Å². The predicted octanol–water partition coefficient (Wildman–Crippen LogP) is 1.86. The van der Waals surface area contributed by atoms with Crippen LogP contribution in [-0.4, -0.2) is 17.0 Å². The first-order valence-electron chi connectivity index (χ1n) is 4.11. The minimum atomic E-state index is 0.782. The number of aromatic nitrogens is 2. The summed E-state index contributed by atoms with van der Waals surface area (Å²) < 4.78 is 0. The van der Waals surface area contributed by atoms with E-state index in [2.05, 4.69) is 32.1 Å². The fraction of sp³-hybridized carbons (Fsp3) is 0.222. The van der Waals surface area contributed by atoms with Gasteiger partial charge >= 0.3 is 0 Å². The molecule has 68 valence electrons. The van der Waals surface area contributed by atoms with E-state index in [1.165, 1.54) is 5.56 Å². The standard InChI is InChI=1S/C9H11N3S/c1-10-5-9-11-4-8(12-9)7-2-3-13-6-7/h2-4,6,10H,5H2,1H3,(H,11,12). The van der Waals surface area contributed by atoms with E-state index >= 15 is 0 Å². The Labute approximate surface area is 80.8 Å². The number of hydrogen-bond acceptors (Lipinski definition) is 3. The van der Waals surface area contributed by atoms with E-state index in [0.29, 0.717) is 0 Å². The predicted molar refractivity (Wildman–Crippen MR) is 54.7 cm³/mol. The topological polar surface area (TPSA) is 40.7 Å². The number of hydrogen-bond donors (Lipinski definition) is 2. The molecule has 0 bridgehead atoms. The van der Waals surface area contributed by atoms with Crippen molar-refractivity contribution in [1.82, 2.24) is 15.3 Å². The molecule has 2 rings (SSSR count). The fourth-order valence-corrected chi connectivity index (χ4v) is 1.84. The second-order valence-corrected chi connectivity index (χ2v) is 3.57. The molecule has 0 radical (unpaired) electrons. The van der Waals surface area contributed by atoms with Crippen molar-refractivity contribution in [3.8, 4) is 11.3 Å². The van der Waals surface area contributed by atoms with E-state index in [1.807, 2.05) is 13.2 Å². The van der Waals surface area contributed by atoms with E-state index in [1.54, 1.807) is 11.3 Å². The summed E-state index contributed by atoms with van der Waals surface area (Å²) in [6, 6.07) is 2.08. The number of imidazole rings is 1. The Kier molecular flexibility index (Phi) is 2.42. The molecule has 0 aliphatic rings. The molecule has 0 aliphatic heterocycles. The highest BCUT2D eigenvalue weighted by Crippen LogP contribution is 2.19. The molecule has 4 heteroatoms. The lowest BCUT2D eigenvalue weighted by molar-refractivity contribution is 0.772. The van der Waals surface area contributed by atoms with Gasteiger partial charge in [0.1, 0.15) is 5.82 Å². The third-order valence-electron chi connectivity index (χ3n) is 1.80. The zero-order valence-corrected chi connectivity index (χ0v) is 8.19. The number of nitrogens with one attached hydrogen (secondary N) is 2. The molecule has 0 spiro atoms. The van der Waals surface area contributed by atoms with Crippen LogP contribution in [0, 0.1) is 0 Å². The van der Waals surface area contributed by atoms with Gasteiger partial charge in [-0.25, -0.2) is 4.98 Å². The smallest absolute Gasteiger partial charge is 0.120 e. The Morgan fingerprint density at radius 2 is 2.54 bits per heavy atom. The molecule has 0 atom stereocenters. The monoisotopic (exact) mass is 193 g/mol. The average Bonchev–Trinajstić information content (AvgIpc) is 2.70. The fourth-order valence-electron chi connectivity index (χ4n) is 1.18. The molecular formula is C9H11N3S. The molecule has 0 saturated carbocycles. The third-order valence-corrected chi connectivity index (χ3v) is 2.49. The molecule has 2 N–H and O–H groups in total. The van der Waals surface area contributed by atoms with E-state index in [0.717, 1.165) is 18.1 Å². The van der Waals surface area contributed by atoms with E-state index in [4.69, 9.17) is 0 Å². The minimum absolute atomic E-state index is 0.782. The van der Waals surface area contributed by atoms with Crippen molar-refractivity contribution < 1.29 is 0 Å². The second kappa shape index (κ2) is 3.72. The molecule has 3 nitrogen and oxygen atoms in total. The van der Waals surface area contributed by atoms with Gasteiger partial charge in [0.25, 0.3) is 0 Å². The molecule has 0 fully saturated rings. The number of rotatable bonds is 3. The van der Waals surface area contributed by atoms with Crippen molar-refractivity contribution in [2.24, 2.45) is 0 Å². The Bertz CT molecular complexity index is 364. The zero-order chi connectivity index (χ0) is 9.10. The molecular weight excluding hydrogens is 182 g/mol. The van der Waals surface area contributed by atoms with Crippen LogP contribution in [0.2, 0.25) is 0 Å². The molecule has 2 heterocycles. The van der Waals surface area contributed by atoms with Crippen LogP contribution >= 0.6 is 11.3 Å². The first-order valence-corrected chi connectivity index (χ1v) is 5.05. The van der Waals surface area contributed by atoms with Gasteiger partial charge in [-0.15, -0.1) is 0 Å². The van der Waals surface area contributed by atoms with Crippen LogP contribution in [0.25, 0.3) is 11.3 Å². The molecule has 0 amide bonds. The highest BCUT2D eigenvalue weighted by atomic mass is 32.1. The zero-order valence-electron chi connectivity index (χ0n) is 7.37. The van der Waals surface area contributed by atoms with Crippen molar-refractivity contribution in [1.29, 1.82) is 0 Å². The van der Waals surface area contributed by atoms with Gasteiger partial charge in [0.05, 0.1) is 18.4 Å². The SMILES string of the molecule is CNCc1ncc(-c2ccsc2)[nH]1. The average molecular weight is 193 g/mol. The van der Waals surface area contributed by atoms with E-state index < -0.39 is 0 Å². The third kappa shape index (κ3) is 1.79. The van der Waals surface area contributed by atoms with Gasteiger partial charge in [0.2, 0.25) is 0 Å². The van der Waals surface area contributed by atoms with Crippen molar-refractivity contribution in [3.63, 3.8) is 0 Å². The number of nitrogens with zero attached hydrogens (tertiary/aromatic N) is 1. The number of aromatic amines is 1. The summed E-state index contributed by atoms with van der Waals surface area (Å²) in [7, 11) is 1.91. The highest BCUT2D eigenvalue weighted by molar-refractivity contribution is 7.08. The maximum Gasteiger partial charge on any atom is 0.120 e.